The molecule has 0 atom stereocenters. The molecule has 3 N–H and O–H groups in total. The molecule has 0 aliphatic rings. The van der Waals surface area contributed by atoms with E-state index in [4.69, 9.17) is 10.5 Å². The maximum absolute atomic E-state index is 11.6. The van der Waals surface area contributed by atoms with Crippen LogP contribution in [-0.4, -0.2) is 19.0 Å². The number of nitrogens with one attached hydrogen (secondary N) is 1. The van der Waals surface area contributed by atoms with Crippen LogP contribution in [0.1, 0.15) is 40.9 Å². The lowest BCUT2D eigenvalue weighted by atomic mass is 10.0. The average molecular weight is 339 g/mol. The van der Waals surface area contributed by atoms with Gasteiger partial charge in [0.25, 0.3) is 0 Å². The number of hydrogen-bond donors (Lipinski definition) is 2. The van der Waals surface area contributed by atoms with E-state index in [1.54, 1.807) is 12.1 Å². The van der Waals surface area contributed by atoms with Gasteiger partial charge in [-0.3, -0.25) is 0 Å². The zero-order valence-electron chi connectivity index (χ0n) is 15.0. The second kappa shape index (κ2) is 8.87. The van der Waals surface area contributed by atoms with Crippen LogP contribution in [0.3, 0.4) is 0 Å². The molecule has 0 heterocycles. The standard InChI is InChI=1S/C20H25N3O2/c1-4-15-9-7-10-16(5-2)18(15)23-20(21)22-13-14-8-6-11-17(12-14)19(24)25-3/h6-12H,4-5,13H2,1-3H3,(H3,21,22,23). The van der Waals surface area contributed by atoms with Gasteiger partial charge in [0.2, 0.25) is 0 Å². The number of rotatable bonds is 6. The van der Waals surface area contributed by atoms with Crippen molar-refractivity contribution in [2.75, 3.05) is 12.4 Å². The molecule has 5 nitrogen and oxygen atoms in total. The minimum atomic E-state index is -0.360. The monoisotopic (exact) mass is 339 g/mol. The predicted octanol–water partition coefficient (Wildman–Crippen LogP) is 3.52. The van der Waals surface area contributed by atoms with E-state index in [2.05, 4.69) is 42.4 Å². The molecule has 2 rings (SSSR count). The summed E-state index contributed by atoms with van der Waals surface area (Å²) < 4.78 is 4.74. The van der Waals surface area contributed by atoms with Gasteiger partial charge in [-0.25, -0.2) is 9.79 Å². The highest BCUT2D eigenvalue weighted by atomic mass is 16.5. The Morgan fingerprint density at radius 3 is 2.36 bits per heavy atom. The van der Waals surface area contributed by atoms with E-state index in [0.717, 1.165) is 24.1 Å². The van der Waals surface area contributed by atoms with Gasteiger partial charge < -0.3 is 15.8 Å². The van der Waals surface area contributed by atoms with E-state index < -0.39 is 0 Å². The summed E-state index contributed by atoms with van der Waals surface area (Å²) in [7, 11) is 1.37. The molecule has 0 aromatic heterocycles. The Labute approximate surface area is 148 Å². The molecule has 0 amide bonds. The summed E-state index contributed by atoms with van der Waals surface area (Å²) in [5.41, 5.74) is 10.9. The van der Waals surface area contributed by atoms with Crippen LogP contribution >= 0.6 is 0 Å². The zero-order chi connectivity index (χ0) is 18.2. The fourth-order valence-electron chi connectivity index (χ4n) is 2.66. The molecule has 0 saturated carbocycles. The maximum Gasteiger partial charge on any atom is 0.337 e. The molecule has 0 spiro atoms. The molecule has 25 heavy (non-hydrogen) atoms. The number of guanidine groups is 1. The van der Waals surface area contributed by atoms with E-state index in [0.29, 0.717) is 18.1 Å². The number of carbonyl (C=O) groups is 1. The van der Waals surface area contributed by atoms with E-state index in [1.807, 2.05) is 12.1 Å². The third-order valence-corrected chi connectivity index (χ3v) is 4.03. The van der Waals surface area contributed by atoms with Crippen molar-refractivity contribution in [3.05, 3.63) is 64.7 Å². The van der Waals surface area contributed by atoms with Crippen LogP contribution < -0.4 is 11.1 Å². The fourth-order valence-corrected chi connectivity index (χ4v) is 2.66. The molecule has 132 valence electrons. The number of benzene rings is 2. The highest BCUT2D eigenvalue weighted by Gasteiger charge is 2.08. The lowest BCUT2D eigenvalue weighted by Crippen LogP contribution is -2.24. The summed E-state index contributed by atoms with van der Waals surface area (Å²) in [6, 6.07) is 13.4. The van der Waals surface area contributed by atoms with Gasteiger partial charge in [-0.05, 0) is 41.7 Å². The van der Waals surface area contributed by atoms with Crippen molar-refractivity contribution >= 4 is 17.6 Å². The van der Waals surface area contributed by atoms with Gasteiger partial charge in [0.05, 0.1) is 19.2 Å². The van der Waals surface area contributed by atoms with Crippen molar-refractivity contribution in [3.63, 3.8) is 0 Å². The Kier molecular flexibility index (Phi) is 6.57. The van der Waals surface area contributed by atoms with Crippen molar-refractivity contribution in [3.8, 4) is 0 Å². The van der Waals surface area contributed by atoms with Crippen molar-refractivity contribution in [2.24, 2.45) is 10.7 Å². The Morgan fingerprint density at radius 2 is 1.76 bits per heavy atom. The van der Waals surface area contributed by atoms with Gasteiger partial charge in [0, 0.05) is 5.69 Å². The number of aliphatic imine (C=N–C) groups is 1. The van der Waals surface area contributed by atoms with E-state index >= 15 is 0 Å². The first-order valence-corrected chi connectivity index (χ1v) is 8.44. The first kappa shape index (κ1) is 18.5. The number of aryl methyl sites for hydroxylation is 2. The normalized spacial score (nSPS) is 11.2. The number of methoxy groups -OCH3 is 1. The fraction of sp³-hybridized carbons (Fsp3) is 0.300. The second-order valence-corrected chi connectivity index (χ2v) is 5.68. The summed E-state index contributed by atoms with van der Waals surface area (Å²) >= 11 is 0. The molecule has 0 fully saturated rings. The highest BCUT2D eigenvalue weighted by Crippen LogP contribution is 2.22. The van der Waals surface area contributed by atoms with Crippen LogP contribution in [0.15, 0.2) is 47.5 Å². The average Bonchev–Trinajstić information content (AvgIpc) is 2.66. The highest BCUT2D eigenvalue weighted by molar-refractivity contribution is 5.94. The van der Waals surface area contributed by atoms with Gasteiger partial charge in [-0.15, -0.1) is 0 Å². The second-order valence-electron chi connectivity index (χ2n) is 5.68. The molecule has 0 unspecified atom stereocenters. The van der Waals surface area contributed by atoms with Crippen LogP contribution in [0.5, 0.6) is 0 Å². The Hall–Kier alpha value is -2.82. The first-order chi connectivity index (χ1) is 12.1. The smallest absolute Gasteiger partial charge is 0.337 e. The number of hydrogen-bond acceptors (Lipinski definition) is 3. The number of nitrogens with zero attached hydrogens (tertiary/aromatic N) is 1. The molecule has 0 aliphatic heterocycles. The van der Waals surface area contributed by atoms with Crippen LogP contribution in [-0.2, 0) is 24.1 Å². The van der Waals surface area contributed by atoms with Crippen molar-refractivity contribution < 1.29 is 9.53 Å². The first-order valence-electron chi connectivity index (χ1n) is 8.44. The summed E-state index contributed by atoms with van der Waals surface area (Å²) in [4.78, 5) is 16.0. The Balaban J connectivity index is 2.14. The van der Waals surface area contributed by atoms with Crippen molar-refractivity contribution in [1.29, 1.82) is 0 Å². The maximum atomic E-state index is 11.6. The molecule has 0 saturated heterocycles. The lowest BCUT2D eigenvalue weighted by molar-refractivity contribution is 0.0600. The van der Waals surface area contributed by atoms with Crippen LogP contribution in [0.4, 0.5) is 5.69 Å². The van der Waals surface area contributed by atoms with Crippen molar-refractivity contribution in [1.82, 2.24) is 0 Å². The van der Waals surface area contributed by atoms with Gasteiger partial charge in [-0.1, -0.05) is 44.2 Å². The largest absolute Gasteiger partial charge is 0.465 e. The van der Waals surface area contributed by atoms with E-state index in [1.165, 1.54) is 18.2 Å². The van der Waals surface area contributed by atoms with Crippen molar-refractivity contribution in [2.45, 2.75) is 33.2 Å². The van der Waals surface area contributed by atoms with Gasteiger partial charge in [0.15, 0.2) is 5.96 Å². The lowest BCUT2D eigenvalue weighted by Gasteiger charge is -2.14. The molecular weight excluding hydrogens is 314 g/mol. The molecule has 0 bridgehead atoms. The predicted molar refractivity (Wildman–Crippen MR) is 102 cm³/mol. The summed E-state index contributed by atoms with van der Waals surface area (Å²) in [5.74, 6) is 0.000424. The Bertz CT molecular complexity index is 747. The zero-order valence-corrected chi connectivity index (χ0v) is 15.0. The van der Waals surface area contributed by atoms with Crippen LogP contribution in [0.25, 0.3) is 0 Å². The third-order valence-electron chi connectivity index (χ3n) is 4.03. The molecule has 2 aromatic rings. The SMILES string of the molecule is CCc1cccc(CC)c1NC(N)=NCc1cccc(C(=O)OC)c1. The number of carbonyl (C=O) groups excluding carboxylic acids is 1. The molecule has 2 aromatic carbocycles. The topological polar surface area (TPSA) is 76.7 Å². The van der Waals surface area contributed by atoms with Crippen LogP contribution in [0.2, 0.25) is 0 Å². The number of ether oxygens (including phenoxy) is 1. The number of nitrogens with two attached hydrogens (primary N) is 1. The summed E-state index contributed by atoms with van der Waals surface area (Å²) in [6.07, 6.45) is 1.84. The summed E-state index contributed by atoms with van der Waals surface area (Å²) in [5, 5.41) is 3.24. The minimum Gasteiger partial charge on any atom is -0.465 e. The molecular formula is C20H25N3O2. The quantitative estimate of drug-likeness (QED) is 0.479. The van der Waals surface area contributed by atoms with Gasteiger partial charge >= 0.3 is 5.97 Å². The van der Waals surface area contributed by atoms with E-state index in [-0.39, 0.29) is 5.97 Å². The minimum absolute atomic E-state index is 0.360. The molecule has 0 radical (unpaired) electrons. The molecule has 0 aliphatic carbocycles. The van der Waals surface area contributed by atoms with Crippen LogP contribution in [0, 0.1) is 0 Å². The number of anilines is 1. The summed E-state index contributed by atoms with van der Waals surface area (Å²) in [6.45, 7) is 4.62. The van der Waals surface area contributed by atoms with Gasteiger partial charge in [0.1, 0.15) is 0 Å². The van der Waals surface area contributed by atoms with Gasteiger partial charge in [-0.2, -0.15) is 0 Å². The van der Waals surface area contributed by atoms with E-state index in [9.17, 15) is 4.79 Å². The number of esters is 1. The number of para-hydroxylation sites is 1. The Morgan fingerprint density at radius 1 is 1.12 bits per heavy atom. The third kappa shape index (κ3) is 4.83. The molecule has 5 heteroatoms.